The predicted octanol–water partition coefficient (Wildman–Crippen LogP) is 2.73. The Labute approximate surface area is 135 Å². The van der Waals surface area contributed by atoms with Gasteiger partial charge in [0.25, 0.3) is 0 Å². The van der Waals surface area contributed by atoms with Crippen molar-refractivity contribution in [3.63, 3.8) is 0 Å². The molecule has 1 aromatic carbocycles. The highest BCUT2D eigenvalue weighted by atomic mass is 16.2. The molecule has 0 fully saturated rings. The van der Waals surface area contributed by atoms with Gasteiger partial charge in [-0.25, -0.2) is 9.78 Å². The van der Waals surface area contributed by atoms with Gasteiger partial charge in [0.15, 0.2) is 0 Å². The minimum atomic E-state index is -0.198. The zero-order chi connectivity index (χ0) is 15.8. The van der Waals surface area contributed by atoms with E-state index in [-0.39, 0.29) is 18.1 Å². The van der Waals surface area contributed by atoms with Gasteiger partial charge in [-0.3, -0.25) is 5.10 Å². The van der Waals surface area contributed by atoms with Crippen LogP contribution in [-0.2, 0) is 6.42 Å². The van der Waals surface area contributed by atoms with Crippen LogP contribution in [0, 0.1) is 0 Å². The first kappa shape index (κ1) is 14.2. The average molecular weight is 311 g/mol. The van der Waals surface area contributed by atoms with Crippen molar-refractivity contribution in [3.8, 4) is 0 Å². The van der Waals surface area contributed by atoms with Crippen LogP contribution in [0.3, 0.4) is 0 Å². The Morgan fingerprint density at radius 2 is 2.35 bits per heavy atom. The molecule has 0 bridgehead atoms. The van der Waals surface area contributed by atoms with Crippen LogP contribution in [0.1, 0.15) is 66.7 Å². The summed E-state index contributed by atoms with van der Waals surface area (Å²) in [5.41, 5.74) is 4.26. The van der Waals surface area contributed by atoms with Crippen molar-refractivity contribution in [1.29, 1.82) is 0 Å². The molecule has 2 aliphatic rings. The second-order valence-electron chi connectivity index (χ2n) is 6.51. The highest BCUT2D eigenvalue weighted by molar-refractivity contribution is 5.75. The monoisotopic (exact) mass is 311 g/mol. The lowest BCUT2D eigenvalue weighted by Crippen LogP contribution is -2.39. The van der Waals surface area contributed by atoms with Gasteiger partial charge >= 0.3 is 6.03 Å². The van der Waals surface area contributed by atoms with E-state index >= 15 is 0 Å². The van der Waals surface area contributed by atoms with E-state index in [1.54, 1.807) is 0 Å². The topological polar surface area (TPSA) is 82.7 Å². The zero-order valence-corrected chi connectivity index (χ0v) is 13.2. The molecule has 2 aromatic rings. The number of urea groups is 1. The highest BCUT2D eigenvalue weighted by Gasteiger charge is 2.35. The molecule has 3 atom stereocenters. The largest absolute Gasteiger partial charge is 0.331 e. The molecule has 0 unspecified atom stereocenters. The van der Waals surface area contributed by atoms with E-state index in [9.17, 15) is 4.79 Å². The van der Waals surface area contributed by atoms with Gasteiger partial charge in [-0.05, 0) is 55.2 Å². The second kappa shape index (κ2) is 5.68. The van der Waals surface area contributed by atoms with E-state index in [1.165, 1.54) is 42.3 Å². The molecule has 120 valence electrons. The fraction of sp³-hybridized carbons (Fsp3) is 0.471. The van der Waals surface area contributed by atoms with E-state index in [0.717, 1.165) is 6.42 Å². The molecule has 6 nitrogen and oxygen atoms in total. The van der Waals surface area contributed by atoms with Crippen LogP contribution >= 0.6 is 0 Å². The fourth-order valence-corrected chi connectivity index (χ4v) is 4.01. The van der Waals surface area contributed by atoms with Crippen LogP contribution in [0.4, 0.5) is 4.79 Å². The Hall–Kier alpha value is -2.37. The minimum absolute atomic E-state index is 0.106. The molecule has 0 saturated heterocycles. The van der Waals surface area contributed by atoms with Gasteiger partial charge in [0.1, 0.15) is 12.2 Å². The standard InChI is InChI=1S/C17H21N5O/c1-10(16-18-9-19-22-16)20-17(23)21-14-8-12-6-2-4-11-5-3-7-13(14)15(11)12/h3,5,7,9-10,12,14H,2,4,6,8H2,1H3,(H,18,19,22)(H2,20,21,23)/t10-,12-,14-/m0/s1. The Bertz CT molecular complexity index is 712. The van der Waals surface area contributed by atoms with E-state index in [4.69, 9.17) is 0 Å². The summed E-state index contributed by atoms with van der Waals surface area (Å²) in [7, 11) is 0. The number of aryl methyl sites for hydroxylation is 1. The van der Waals surface area contributed by atoms with Gasteiger partial charge in [-0.2, -0.15) is 5.10 Å². The molecule has 0 aliphatic heterocycles. The van der Waals surface area contributed by atoms with Gasteiger partial charge in [-0.15, -0.1) is 0 Å². The smallest absolute Gasteiger partial charge is 0.315 e. The number of amides is 2. The van der Waals surface area contributed by atoms with Crippen molar-refractivity contribution in [2.24, 2.45) is 0 Å². The van der Waals surface area contributed by atoms with Crippen molar-refractivity contribution >= 4 is 6.03 Å². The average Bonchev–Trinajstić information content (AvgIpc) is 3.18. The molecule has 0 saturated carbocycles. The van der Waals surface area contributed by atoms with Crippen LogP contribution in [0.25, 0.3) is 0 Å². The number of hydrogen-bond donors (Lipinski definition) is 3. The fourth-order valence-electron chi connectivity index (χ4n) is 4.01. The lowest BCUT2D eigenvalue weighted by atomic mass is 9.84. The molecule has 2 aliphatic carbocycles. The van der Waals surface area contributed by atoms with Gasteiger partial charge in [0, 0.05) is 0 Å². The quantitative estimate of drug-likeness (QED) is 0.815. The molecule has 6 heteroatoms. The van der Waals surface area contributed by atoms with Crippen molar-refractivity contribution in [1.82, 2.24) is 25.8 Å². The summed E-state index contributed by atoms with van der Waals surface area (Å²) in [6.45, 7) is 1.89. The number of benzene rings is 1. The molecule has 4 rings (SSSR count). The lowest BCUT2D eigenvalue weighted by Gasteiger charge is -2.20. The van der Waals surface area contributed by atoms with E-state index in [0.29, 0.717) is 11.7 Å². The third-order valence-electron chi connectivity index (χ3n) is 5.03. The first-order valence-corrected chi connectivity index (χ1v) is 8.26. The summed E-state index contributed by atoms with van der Waals surface area (Å²) in [6.07, 6.45) is 6.11. The van der Waals surface area contributed by atoms with Crippen molar-refractivity contribution in [2.75, 3.05) is 0 Å². The number of hydrogen-bond acceptors (Lipinski definition) is 3. The van der Waals surface area contributed by atoms with Gasteiger partial charge < -0.3 is 10.6 Å². The number of H-pyrrole nitrogens is 1. The maximum Gasteiger partial charge on any atom is 0.315 e. The molecule has 3 N–H and O–H groups in total. The van der Waals surface area contributed by atoms with Crippen LogP contribution in [0.5, 0.6) is 0 Å². The molecule has 0 spiro atoms. The number of aromatic nitrogens is 3. The zero-order valence-electron chi connectivity index (χ0n) is 13.2. The van der Waals surface area contributed by atoms with Crippen molar-refractivity contribution < 1.29 is 4.79 Å². The predicted molar refractivity (Wildman–Crippen MR) is 85.9 cm³/mol. The Kier molecular flexibility index (Phi) is 3.52. The summed E-state index contributed by atoms with van der Waals surface area (Å²) in [4.78, 5) is 16.4. The van der Waals surface area contributed by atoms with Gasteiger partial charge in [0.2, 0.25) is 0 Å². The third-order valence-corrected chi connectivity index (χ3v) is 5.03. The van der Waals surface area contributed by atoms with Crippen LogP contribution in [0.15, 0.2) is 24.5 Å². The Morgan fingerprint density at radius 1 is 1.43 bits per heavy atom. The minimum Gasteiger partial charge on any atom is -0.331 e. The first-order chi connectivity index (χ1) is 11.2. The van der Waals surface area contributed by atoms with Crippen LogP contribution < -0.4 is 10.6 Å². The van der Waals surface area contributed by atoms with Crippen molar-refractivity contribution in [2.45, 2.75) is 50.6 Å². The lowest BCUT2D eigenvalue weighted by molar-refractivity contribution is 0.233. The molecular formula is C17H21N5O. The molecule has 0 radical (unpaired) electrons. The van der Waals surface area contributed by atoms with E-state index < -0.39 is 0 Å². The van der Waals surface area contributed by atoms with Gasteiger partial charge in [-0.1, -0.05) is 18.2 Å². The van der Waals surface area contributed by atoms with Gasteiger partial charge in [0.05, 0.1) is 12.1 Å². The molecular weight excluding hydrogens is 290 g/mol. The van der Waals surface area contributed by atoms with Crippen LogP contribution in [-0.4, -0.2) is 21.2 Å². The molecule has 1 heterocycles. The maximum atomic E-state index is 12.3. The summed E-state index contributed by atoms with van der Waals surface area (Å²) < 4.78 is 0. The third kappa shape index (κ3) is 2.58. The summed E-state index contributed by atoms with van der Waals surface area (Å²) in [6, 6.07) is 6.27. The normalized spacial score (nSPS) is 23.2. The number of carbonyl (C=O) groups excluding carboxylic acids is 1. The van der Waals surface area contributed by atoms with E-state index in [1.807, 2.05) is 6.92 Å². The number of aromatic amines is 1. The van der Waals surface area contributed by atoms with Crippen LogP contribution in [0.2, 0.25) is 0 Å². The SMILES string of the molecule is C[C@H](NC(=O)N[C@H]1C[C@@H]2CCCc3cccc1c32)c1ncn[nH]1. The number of carbonyl (C=O) groups is 1. The number of rotatable bonds is 3. The highest BCUT2D eigenvalue weighted by Crippen LogP contribution is 2.47. The Morgan fingerprint density at radius 3 is 3.17 bits per heavy atom. The molecule has 2 amide bonds. The summed E-state index contributed by atoms with van der Waals surface area (Å²) in [5.74, 6) is 1.26. The Balaban J connectivity index is 1.46. The summed E-state index contributed by atoms with van der Waals surface area (Å²) >= 11 is 0. The number of nitrogens with zero attached hydrogens (tertiary/aromatic N) is 2. The van der Waals surface area contributed by atoms with Crippen molar-refractivity contribution in [3.05, 3.63) is 47.0 Å². The molecule has 23 heavy (non-hydrogen) atoms. The number of nitrogens with one attached hydrogen (secondary N) is 3. The first-order valence-electron chi connectivity index (χ1n) is 8.26. The molecule has 1 aromatic heterocycles. The summed E-state index contributed by atoms with van der Waals surface area (Å²) in [5, 5.41) is 12.6. The van der Waals surface area contributed by atoms with E-state index in [2.05, 4.69) is 44.0 Å². The maximum absolute atomic E-state index is 12.3. The second-order valence-corrected chi connectivity index (χ2v) is 6.51.